The van der Waals surface area contributed by atoms with Crippen LogP contribution >= 0.6 is 11.6 Å². The smallest absolute Gasteiger partial charge is 0.234 e. The van der Waals surface area contributed by atoms with Gasteiger partial charge in [-0.15, -0.1) is 0 Å². The van der Waals surface area contributed by atoms with Gasteiger partial charge in [-0.2, -0.15) is 4.98 Å². The maximum atomic E-state index is 6.03. The Labute approximate surface area is 185 Å². The second-order valence-corrected chi connectivity index (χ2v) is 7.97. The first-order valence-corrected chi connectivity index (χ1v) is 10.6. The van der Waals surface area contributed by atoms with Crippen LogP contribution in [0.1, 0.15) is 11.3 Å². The normalized spacial score (nSPS) is 14.8. The summed E-state index contributed by atoms with van der Waals surface area (Å²) in [6.07, 6.45) is 6.92. The van der Waals surface area contributed by atoms with Gasteiger partial charge < -0.3 is 14.1 Å². The molecule has 5 rings (SSSR count). The average molecular weight is 436 g/mol. The average Bonchev–Trinajstić information content (AvgIpc) is 3.26. The number of hydrogen-bond acceptors (Lipinski definition) is 7. The highest BCUT2D eigenvalue weighted by molar-refractivity contribution is 6.30. The number of anilines is 1. The number of benzene rings is 1. The lowest BCUT2D eigenvalue weighted by atomic mass is 10.2. The molecule has 0 N–H and O–H groups in total. The summed E-state index contributed by atoms with van der Waals surface area (Å²) >= 11 is 6.03. The van der Waals surface area contributed by atoms with Crippen LogP contribution in [0.5, 0.6) is 5.88 Å². The van der Waals surface area contributed by atoms with E-state index in [4.69, 9.17) is 20.8 Å². The number of fused-ring (bicyclic) bond motifs is 1. The highest BCUT2D eigenvalue weighted by Crippen LogP contribution is 2.20. The molecule has 0 unspecified atom stereocenters. The number of rotatable bonds is 6. The molecule has 0 bridgehead atoms. The van der Waals surface area contributed by atoms with E-state index < -0.39 is 0 Å². The molecule has 4 aromatic rings. The molecule has 8 heteroatoms. The molecule has 1 aromatic carbocycles. The van der Waals surface area contributed by atoms with Crippen molar-refractivity contribution in [3.63, 3.8) is 0 Å². The van der Waals surface area contributed by atoms with Crippen molar-refractivity contribution in [2.24, 2.45) is 0 Å². The minimum atomic E-state index is 0.403. The molecule has 0 atom stereocenters. The van der Waals surface area contributed by atoms with Crippen molar-refractivity contribution < 1.29 is 9.15 Å². The Kier molecular flexibility index (Phi) is 5.69. The molecule has 31 heavy (non-hydrogen) atoms. The van der Waals surface area contributed by atoms with Crippen LogP contribution in [0.3, 0.4) is 0 Å². The Morgan fingerprint density at radius 1 is 1.03 bits per heavy atom. The summed E-state index contributed by atoms with van der Waals surface area (Å²) in [6, 6.07) is 11.7. The first kappa shape index (κ1) is 19.8. The van der Waals surface area contributed by atoms with Gasteiger partial charge in [-0.3, -0.25) is 14.9 Å². The van der Waals surface area contributed by atoms with E-state index in [0.717, 1.165) is 60.8 Å². The van der Waals surface area contributed by atoms with E-state index in [2.05, 4.69) is 30.8 Å². The highest BCUT2D eigenvalue weighted by atomic mass is 35.5. The summed E-state index contributed by atoms with van der Waals surface area (Å²) in [5, 5.41) is 1.78. The minimum absolute atomic E-state index is 0.403. The number of furan rings is 1. The number of piperazine rings is 1. The molecule has 3 aromatic heterocycles. The molecule has 4 heterocycles. The molecule has 7 nitrogen and oxygen atoms in total. The fraction of sp³-hybridized carbons (Fsp3) is 0.261. The van der Waals surface area contributed by atoms with Crippen molar-refractivity contribution in [3.8, 4) is 5.88 Å². The fourth-order valence-corrected chi connectivity index (χ4v) is 3.92. The summed E-state index contributed by atoms with van der Waals surface area (Å²) in [5.74, 6) is 1.35. The van der Waals surface area contributed by atoms with Gasteiger partial charge in [-0.05, 0) is 29.8 Å². The van der Waals surface area contributed by atoms with Crippen molar-refractivity contribution in [1.29, 1.82) is 0 Å². The second-order valence-electron chi connectivity index (χ2n) is 7.53. The summed E-state index contributed by atoms with van der Waals surface area (Å²) in [4.78, 5) is 18.1. The van der Waals surface area contributed by atoms with Crippen LogP contribution in [-0.4, -0.2) is 46.0 Å². The van der Waals surface area contributed by atoms with Gasteiger partial charge >= 0.3 is 0 Å². The highest BCUT2D eigenvalue weighted by Gasteiger charge is 2.19. The fourth-order valence-electron chi connectivity index (χ4n) is 3.71. The summed E-state index contributed by atoms with van der Waals surface area (Å²) < 4.78 is 11.2. The van der Waals surface area contributed by atoms with Crippen LogP contribution in [0.2, 0.25) is 5.02 Å². The van der Waals surface area contributed by atoms with Crippen LogP contribution in [-0.2, 0) is 13.2 Å². The van der Waals surface area contributed by atoms with Crippen LogP contribution in [0.25, 0.3) is 11.0 Å². The Morgan fingerprint density at radius 3 is 2.81 bits per heavy atom. The monoisotopic (exact) mass is 435 g/mol. The van der Waals surface area contributed by atoms with Crippen molar-refractivity contribution in [2.45, 2.75) is 13.2 Å². The predicted octanol–water partition coefficient (Wildman–Crippen LogP) is 4.17. The number of ether oxygens (including phenoxy) is 1. The number of nitrogens with zero attached hydrogens (tertiary/aromatic N) is 5. The van der Waals surface area contributed by atoms with Gasteiger partial charge in [0, 0.05) is 43.1 Å². The van der Waals surface area contributed by atoms with Crippen molar-refractivity contribution in [2.75, 3.05) is 31.1 Å². The maximum Gasteiger partial charge on any atom is 0.234 e. The Bertz CT molecular complexity index is 1170. The predicted molar refractivity (Wildman–Crippen MR) is 119 cm³/mol. The largest absolute Gasteiger partial charge is 0.472 e. The molecule has 0 aliphatic carbocycles. The molecule has 0 amide bonds. The molecule has 1 aliphatic heterocycles. The van der Waals surface area contributed by atoms with E-state index in [1.807, 2.05) is 30.3 Å². The van der Waals surface area contributed by atoms with E-state index in [1.54, 1.807) is 24.9 Å². The Hall–Kier alpha value is -3.16. The molecule has 0 saturated carbocycles. The molecule has 1 fully saturated rings. The van der Waals surface area contributed by atoms with Crippen LogP contribution in [0.15, 0.2) is 65.7 Å². The molecule has 158 valence electrons. The first-order chi connectivity index (χ1) is 15.2. The first-order valence-electron chi connectivity index (χ1n) is 10.2. The standard InChI is InChI=1S/C23H22ClN5O2/c24-19-3-1-2-17(10-19)16-31-23-14-25-13-22(27-23)29-7-5-28(6-8-29)15-20-11-18-4-9-30-21(18)12-26-20/h1-4,9-14H,5-8,15-16H2. The van der Waals surface area contributed by atoms with Gasteiger partial charge in [0.25, 0.3) is 0 Å². The minimum Gasteiger partial charge on any atom is -0.472 e. The molecule has 1 aliphatic rings. The topological polar surface area (TPSA) is 67.5 Å². The zero-order valence-electron chi connectivity index (χ0n) is 16.9. The van der Waals surface area contributed by atoms with Gasteiger partial charge in [0.1, 0.15) is 6.61 Å². The van der Waals surface area contributed by atoms with Gasteiger partial charge in [0.05, 0.1) is 30.5 Å². The number of aromatic nitrogens is 3. The summed E-state index contributed by atoms with van der Waals surface area (Å²) in [7, 11) is 0. The van der Waals surface area contributed by atoms with Gasteiger partial charge in [-0.25, -0.2) is 0 Å². The van der Waals surface area contributed by atoms with E-state index in [1.165, 1.54) is 0 Å². The van der Waals surface area contributed by atoms with Gasteiger partial charge in [0.2, 0.25) is 5.88 Å². The van der Waals surface area contributed by atoms with Crippen molar-refractivity contribution >= 4 is 28.4 Å². The quantitative estimate of drug-likeness (QED) is 0.450. The third-order valence-corrected chi connectivity index (χ3v) is 5.59. The molecular formula is C23H22ClN5O2. The second kappa shape index (κ2) is 8.91. The van der Waals surface area contributed by atoms with Gasteiger partial charge in [0.15, 0.2) is 11.4 Å². The lowest BCUT2D eigenvalue weighted by molar-refractivity contribution is 0.246. The molecule has 0 radical (unpaired) electrons. The number of halogens is 1. The summed E-state index contributed by atoms with van der Waals surface area (Å²) in [6.45, 7) is 4.84. The SMILES string of the molecule is Clc1cccc(COc2cncc(N3CCN(Cc4cc5ccoc5cn4)CC3)n2)c1. The maximum absolute atomic E-state index is 6.03. The molecule has 0 spiro atoms. The van der Waals surface area contributed by atoms with E-state index >= 15 is 0 Å². The van der Waals surface area contributed by atoms with Crippen LogP contribution in [0.4, 0.5) is 5.82 Å². The Morgan fingerprint density at radius 2 is 1.94 bits per heavy atom. The Balaban J connectivity index is 1.17. The van der Waals surface area contributed by atoms with Crippen LogP contribution < -0.4 is 9.64 Å². The van der Waals surface area contributed by atoms with Crippen LogP contribution in [0, 0.1) is 0 Å². The third kappa shape index (κ3) is 4.78. The number of pyridine rings is 1. The van der Waals surface area contributed by atoms with E-state index in [0.29, 0.717) is 17.5 Å². The number of hydrogen-bond donors (Lipinski definition) is 0. The van der Waals surface area contributed by atoms with E-state index in [-0.39, 0.29) is 0 Å². The lowest BCUT2D eigenvalue weighted by Gasteiger charge is -2.35. The van der Waals surface area contributed by atoms with Gasteiger partial charge in [-0.1, -0.05) is 23.7 Å². The molecular weight excluding hydrogens is 414 g/mol. The molecule has 1 saturated heterocycles. The zero-order valence-corrected chi connectivity index (χ0v) is 17.7. The van der Waals surface area contributed by atoms with Crippen molar-refractivity contribution in [3.05, 3.63) is 77.5 Å². The summed E-state index contributed by atoms with van der Waals surface area (Å²) in [5.41, 5.74) is 2.87. The van der Waals surface area contributed by atoms with Crippen molar-refractivity contribution in [1.82, 2.24) is 19.9 Å². The lowest BCUT2D eigenvalue weighted by Crippen LogP contribution is -2.46. The zero-order chi connectivity index (χ0) is 21.0. The van der Waals surface area contributed by atoms with E-state index in [9.17, 15) is 0 Å². The third-order valence-electron chi connectivity index (χ3n) is 5.35.